The fourth-order valence-electron chi connectivity index (χ4n) is 2.94. The quantitative estimate of drug-likeness (QED) is 0.530. The number of nitrogens with zero attached hydrogens (tertiary/aromatic N) is 1. The van der Waals surface area contributed by atoms with E-state index in [4.69, 9.17) is 0 Å². The van der Waals surface area contributed by atoms with Crippen molar-refractivity contribution in [2.45, 2.75) is 38.3 Å². The molecule has 0 fully saturated rings. The fourth-order valence-corrected chi connectivity index (χ4v) is 5.74. The lowest BCUT2D eigenvalue weighted by molar-refractivity contribution is -0.132. The molecule has 0 radical (unpaired) electrons. The SMILES string of the molecule is Cc1ccc(C)c(S(=O)(=O)NCCC(=O)N(Cc2cccs2)Cc2cccs2)c1. The van der Waals surface area contributed by atoms with Crippen molar-refractivity contribution in [3.63, 3.8) is 0 Å². The van der Waals surface area contributed by atoms with Crippen molar-refractivity contribution < 1.29 is 13.2 Å². The van der Waals surface area contributed by atoms with E-state index in [2.05, 4.69) is 4.72 Å². The van der Waals surface area contributed by atoms with Crippen LogP contribution in [0.5, 0.6) is 0 Å². The number of benzene rings is 1. The van der Waals surface area contributed by atoms with E-state index < -0.39 is 10.0 Å². The first-order valence-corrected chi connectivity index (χ1v) is 12.5. The van der Waals surface area contributed by atoms with Gasteiger partial charge in [0.15, 0.2) is 0 Å². The van der Waals surface area contributed by atoms with E-state index in [1.165, 1.54) is 0 Å². The molecule has 29 heavy (non-hydrogen) atoms. The van der Waals surface area contributed by atoms with Gasteiger partial charge in [-0.3, -0.25) is 4.79 Å². The van der Waals surface area contributed by atoms with E-state index in [0.717, 1.165) is 15.3 Å². The number of carbonyl (C=O) groups is 1. The zero-order chi connectivity index (χ0) is 20.9. The van der Waals surface area contributed by atoms with Crippen LogP contribution in [0.25, 0.3) is 0 Å². The van der Waals surface area contributed by atoms with Crippen LogP contribution in [0.1, 0.15) is 27.3 Å². The normalized spacial score (nSPS) is 11.5. The Hall–Kier alpha value is -2.00. The summed E-state index contributed by atoms with van der Waals surface area (Å²) < 4.78 is 27.8. The highest BCUT2D eigenvalue weighted by molar-refractivity contribution is 7.89. The van der Waals surface area contributed by atoms with Gasteiger partial charge in [0.05, 0.1) is 18.0 Å². The number of hydrogen-bond donors (Lipinski definition) is 1. The molecule has 0 aliphatic carbocycles. The number of rotatable bonds is 9. The highest BCUT2D eigenvalue weighted by atomic mass is 32.2. The molecule has 0 atom stereocenters. The lowest BCUT2D eigenvalue weighted by atomic mass is 10.2. The minimum Gasteiger partial charge on any atom is -0.332 e. The first-order chi connectivity index (χ1) is 13.8. The van der Waals surface area contributed by atoms with E-state index >= 15 is 0 Å². The Labute approximate surface area is 180 Å². The molecule has 1 aromatic carbocycles. The maximum Gasteiger partial charge on any atom is 0.240 e. The van der Waals surface area contributed by atoms with E-state index in [9.17, 15) is 13.2 Å². The number of amides is 1. The van der Waals surface area contributed by atoms with Crippen LogP contribution in [0.15, 0.2) is 58.1 Å². The van der Waals surface area contributed by atoms with Crippen molar-refractivity contribution in [2.24, 2.45) is 0 Å². The Bertz CT molecular complexity index is 1010. The summed E-state index contributed by atoms with van der Waals surface area (Å²) in [6, 6.07) is 13.3. The summed E-state index contributed by atoms with van der Waals surface area (Å²) in [6.45, 7) is 4.74. The van der Waals surface area contributed by atoms with Gasteiger partial charge < -0.3 is 4.90 Å². The van der Waals surface area contributed by atoms with Crippen molar-refractivity contribution in [3.8, 4) is 0 Å². The van der Waals surface area contributed by atoms with Gasteiger partial charge in [-0.25, -0.2) is 13.1 Å². The van der Waals surface area contributed by atoms with Crippen LogP contribution in [0, 0.1) is 13.8 Å². The highest BCUT2D eigenvalue weighted by Gasteiger charge is 2.19. The maximum absolute atomic E-state index is 12.8. The number of hydrogen-bond acceptors (Lipinski definition) is 5. The average Bonchev–Trinajstić information content (AvgIpc) is 3.37. The largest absolute Gasteiger partial charge is 0.332 e. The Morgan fingerprint density at radius 3 is 2.17 bits per heavy atom. The molecule has 3 aromatic rings. The van der Waals surface area contributed by atoms with Crippen LogP contribution >= 0.6 is 22.7 Å². The molecular weight excluding hydrogens is 424 g/mol. The van der Waals surface area contributed by atoms with Crippen molar-refractivity contribution in [2.75, 3.05) is 6.54 Å². The molecule has 0 saturated heterocycles. The average molecular weight is 449 g/mol. The van der Waals surface area contributed by atoms with Crippen molar-refractivity contribution >= 4 is 38.6 Å². The highest BCUT2D eigenvalue weighted by Crippen LogP contribution is 2.19. The molecule has 1 N–H and O–H groups in total. The van der Waals surface area contributed by atoms with Gasteiger partial charge in [0.1, 0.15) is 0 Å². The number of thiophene rings is 2. The molecule has 0 bridgehead atoms. The first kappa shape index (κ1) is 21.7. The molecule has 2 aromatic heterocycles. The fraction of sp³-hybridized carbons (Fsp3) is 0.286. The molecular formula is C21H24N2O3S3. The zero-order valence-corrected chi connectivity index (χ0v) is 18.9. The van der Waals surface area contributed by atoms with Gasteiger partial charge in [0.2, 0.25) is 15.9 Å². The number of sulfonamides is 1. The Morgan fingerprint density at radius 1 is 1.00 bits per heavy atom. The lowest BCUT2D eigenvalue weighted by Gasteiger charge is -2.22. The van der Waals surface area contributed by atoms with Crippen LogP contribution in [-0.2, 0) is 27.9 Å². The minimum absolute atomic E-state index is 0.0694. The van der Waals surface area contributed by atoms with Gasteiger partial charge in [0, 0.05) is 22.7 Å². The molecule has 8 heteroatoms. The lowest BCUT2D eigenvalue weighted by Crippen LogP contribution is -2.33. The van der Waals surface area contributed by atoms with Gasteiger partial charge in [-0.2, -0.15) is 0 Å². The summed E-state index contributed by atoms with van der Waals surface area (Å²) in [5.74, 6) is -0.0736. The zero-order valence-electron chi connectivity index (χ0n) is 16.4. The van der Waals surface area contributed by atoms with Crippen LogP contribution in [0.3, 0.4) is 0 Å². The number of aryl methyl sites for hydroxylation is 2. The summed E-state index contributed by atoms with van der Waals surface area (Å²) in [5, 5.41) is 3.98. The monoisotopic (exact) mass is 448 g/mol. The van der Waals surface area contributed by atoms with E-state index in [1.807, 2.05) is 48.0 Å². The van der Waals surface area contributed by atoms with Gasteiger partial charge in [-0.15, -0.1) is 22.7 Å². The number of carbonyl (C=O) groups excluding carboxylic acids is 1. The second-order valence-electron chi connectivity index (χ2n) is 6.83. The standard InChI is InChI=1S/C21H24N2O3S3/c1-16-7-8-17(2)20(13-16)29(25,26)22-10-9-21(24)23(14-18-5-3-11-27-18)15-19-6-4-12-28-19/h3-8,11-13,22H,9-10,14-15H2,1-2H3. The Balaban J connectivity index is 1.64. The van der Waals surface area contributed by atoms with Gasteiger partial charge >= 0.3 is 0 Å². The second kappa shape index (κ2) is 9.67. The van der Waals surface area contributed by atoms with Gasteiger partial charge in [0.25, 0.3) is 0 Å². The van der Waals surface area contributed by atoms with Crippen molar-refractivity contribution in [3.05, 3.63) is 74.1 Å². The molecule has 3 rings (SSSR count). The third-order valence-electron chi connectivity index (χ3n) is 4.47. The first-order valence-electron chi connectivity index (χ1n) is 9.24. The Kier molecular flexibility index (Phi) is 7.23. The molecule has 0 unspecified atom stereocenters. The van der Waals surface area contributed by atoms with Crippen LogP contribution < -0.4 is 4.72 Å². The Morgan fingerprint density at radius 2 is 1.62 bits per heavy atom. The summed E-state index contributed by atoms with van der Waals surface area (Å²) in [4.78, 5) is 17.1. The van der Waals surface area contributed by atoms with Crippen LogP contribution in [0.2, 0.25) is 0 Å². The predicted octanol–water partition coefficient (Wildman–Crippen LogP) is 4.32. The molecule has 2 heterocycles. The summed E-state index contributed by atoms with van der Waals surface area (Å²) in [6.07, 6.45) is 0.112. The maximum atomic E-state index is 12.8. The minimum atomic E-state index is -3.65. The van der Waals surface area contributed by atoms with Crippen LogP contribution in [0.4, 0.5) is 0 Å². The molecule has 0 saturated carbocycles. The van der Waals surface area contributed by atoms with E-state index in [-0.39, 0.29) is 23.8 Å². The van der Waals surface area contributed by atoms with Crippen molar-refractivity contribution in [1.82, 2.24) is 9.62 Å². The molecule has 154 valence electrons. The van der Waals surface area contributed by atoms with E-state index in [0.29, 0.717) is 18.7 Å². The molecule has 0 aliphatic heterocycles. The van der Waals surface area contributed by atoms with Gasteiger partial charge in [-0.05, 0) is 53.9 Å². The summed E-state index contributed by atoms with van der Waals surface area (Å²) in [7, 11) is -3.65. The summed E-state index contributed by atoms with van der Waals surface area (Å²) in [5.41, 5.74) is 1.57. The van der Waals surface area contributed by atoms with Crippen LogP contribution in [-0.4, -0.2) is 25.8 Å². The third-order valence-corrected chi connectivity index (χ3v) is 7.80. The predicted molar refractivity (Wildman–Crippen MR) is 119 cm³/mol. The number of nitrogens with one attached hydrogen (secondary N) is 1. The topological polar surface area (TPSA) is 66.5 Å². The third kappa shape index (κ3) is 5.99. The van der Waals surface area contributed by atoms with E-state index in [1.54, 1.807) is 46.6 Å². The molecule has 1 amide bonds. The smallest absolute Gasteiger partial charge is 0.240 e. The van der Waals surface area contributed by atoms with Crippen molar-refractivity contribution in [1.29, 1.82) is 0 Å². The molecule has 0 aliphatic rings. The second-order valence-corrected chi connectivity index (χ2v) is 10.6. The summed E-state index contributed by atoms with van der Waals surface area (Å²) >= 11 is 3.22. The van der Waals surface area contributed by atoms with Gasteiger partial charge in [-0.1, -0.05) is 24.3 Å². The molecule has 0 spiro atoms. The molecule has 5 nitrogen and oxygen atoms in total.